The second kappa shape index (κ2) is 12.5. The van der Waals surface area contributed by atoms with Crippen LogP contribution in [0.3, 0.4) is 0 Å². The summed E-state index contributed by atoms with van der Waals surface area (Å²) in [5.41, 5.74) is 3.99. The van der Waals surface area contributed by atoms with Gasteiger partial charge in [0.05, 0.1) is 14.2 Å². The number of carboxylic acid groups (broad SMARTS) is 1. The fourth-order valence-corrected chi connectivity index (χ4v) is 3.52. The lowest BCUT2D eigenvalue weighted by Crippen LogP contribution is -2.26. The summed E-state index contributed by atoms with van der Waals surface area (Å²) in [6.45, 7) is 2.51. The molecule has 0 amide bonds. The van der Waals surface area contributed by atoms with Gasteiger partial charge in [-0.15, -0.1) is 0 Å². The molecule has 0 saturated heterocycles. The maximum atomic E-state index is 11.3. The molecule has 0 spiro atoms. The number of ether oxygens (including phenoxy) is 4. The summed E-state index contributed by atoms with van der Waals surface area (Å²) < 4.78 is 21.8. The Labute approximate surface area is 200 Å². The van der Waals surface area contributed by atoms with E-state index in [2.05, 4.69) is 0 Å². The molecule has 3 aromatic carbocycles. The summed E-state index contributed by atoms with van der Waals surface area (Å²) in [4.78, 5) is 11.3. The smallest absolute Gasteiger partial charge is 0.333 e. The molecule has 0 radical (unpaired) electrons. The normalized spacial score (nSPS) is 11.4. The second-order valence-corrected chi connectivity index (χ2v) is 7.52. The van der Waals surface area contributed by atoms with E-state index in [-0.39, 0.29) is 0 Å². The van der Waals surface area contributed by atoms with Crippen molar-refractivity contribution in [3.63, 3.8) is 0 Å². The van der Waals surface area contributed by atoms with Gasteiger partial charge in [0.1, 0.15) is 23.9 Å². The monoisotopic (exact) mass is 462 g/mol. The summed E-state index contributed by atoms with van der Waals surface area (Å²) >= 11 is 0. The van der Waals surface area contributed by atoms with Crippen LogP contribution >= 0.6 is 0 Å². The van der Waals surface area contributed by atoms with Crippen LogP contribution in [0.25, 0.3) is 5.57 Å². The number of hydrogen-bond donors (Lipinski definition) is 1. The molecule has 0 saturated carbocycles. The second-order valence-electron chi connectivity index (χ2n) is 7.52. The minimum Gasteiger partial charge on any atom is -0.497 e. The highest BCUT2D eigenvalue weighted by atomic mass is 16.5. The molecule has 0 aromatic heterocycles. The van der Waals surface area contributed by atoms with Gasteiger partial charge >= 0.3 is 5.97 Å². The van der Waals surface area contributed by atoms with E-state index in [1.165, 1.54) is 0 Å². The summed E-state index contributed by atoms with van der Waals surface area (Å²) in [5.74, 6) is 1.33. The third-order valence-electron chi connectivity index (χ3n) is 5.33. The Hall–Kier alpha value is -3.77. The van der Waals surface area contributed by atoms with Crippen molar-refractivity contribution in [2.45, 2.75) is 19.4 Å². The molecular formula is C28H30O6. The van der Waals surface area contributed by atoms with Crippen LogP contribution in [0.1, 0.15) is 23.6 Å². The quantitative estimate of drug-likeness (QED) is 0.396. The molecule has 0 aliphatic carbocycles. The van der Waals surface area contributed by atoms with Crippen molar-refractivity contribution >= 4 is 11.5 Å². The molecule has 178 valence electrons. The fourth-order valence-electron chi connectivity index (χ4n) is 3.52. The lowest BCUT2D eigenvalue weighted by atomic mass is 9.97. The fraction of sp³-hybridized carbons (Fsp3) is 0.250. The molecule has 0 aliphatic heterocycles. The van der Waals surface area contributed by atoms with Crippen LogP contribution in [0.2, 0.25) is 0 Å². The van der Waals surface area contributed by atoms with Gasteiger partial charge in [-0.25, -0.2) is 4.79 Å². The predicted molar refractivity (Wildman–Crippen MR) is 132 cm³/mol. The molecule has 0 aliphatic rings. The van der Waals surface area contributed by atoms with Crippen molar-refractivity contribution in [2.24, 2.45) is 0 Å². The Balaban J connectivity index is 1.73. The van der Waals surface area contributed by atoms with E-state index in [0.717, 1.165) is 33.8 Å². The average molecular weight is 463 g/mol. The number of hydrogen-bond acceptors (Lipinski definition) is 5. The average Bonchev–Trinajstić information content (AvgIpc) is 2.87. The number of carbonyl (C=O) groups is 1. The van der Waals surface area contributed by atoms with Crippen LogP contribution < -0.4 is 14.2 Å². The van der Waals surface area contributed by atoms with Crippen LogP contribution in [-0.2, 0) is 16.0 Å². The van der Waals surface area contributed by atoms with Crippen LogP contribution in [0.4, 0.5) is 0 Å². The summed E-state index contributed by atoms with van der Waals surface area (Å²) in [6, 6.07) is 23.2. The molecule has 0 unspecified atom stereocenters. The minimum atomic E-state index is -0.961. The van der Waals surface area contributed by atoms with Crippen LogP contribution in [0.15, 0.2) is 78.9 Å². The first-order chi connectivity index (χ1) is 16.5. The van der Waals surface area contributed by atoms with Gasteiger partial charge in [-0.05, 0) is 71.7 Å². The van der Waals surface area contributed by atoms with E-state index in [0.29, 0.717) is 25.4 Å². The number of rotatable bonds is 12. The molecular weight excluding hydrogens is 432 g/mol. The van der Waals surface area contributed by atoms with Gasteiger partial charge < -0.3 is 24.1 Å². The van der Waals surface area contributed by atoms with Gasteiger partial charge in [-0.2, -0.15) is 0 Å². The number of methoxy groups -OCH3 is 2. The number of aliphatic carboxylic acids is 1. The first-order valence-electron chi connectivity index (χ1n) is 11.1. The molecule has 1 N–H and O–H groups in total. The minimum absolute atomic E-state index is 0.308. The Morgan fingerprint density at radius 2 is 1.32 bits per heavy atom. The van der Waals surface area contributed by atoms with Gasteiger partial charge in [0.2, 0.25) is 0 Å². The highest BCUT2D eigenvalue weighted by Gasteiger charge is 2.17. The van der Waals surface area contributed by atoms with Crippen molar-refractivity contribution in [2.75, 3.05) is 27.4 Å². The largest absolute Gasteiger partial charge is 0.497 e. The highest BCUT2D eigenvalue weighted by Crippen LogP contribution is 2.27. The van der Waals surface area contributed by atoms with E-state index in [9.17, 15) is 9.90 Å². The zero-order chi connectivity index (χ0) is 24.3. The molecule has 6 nitrogen and oxygen atoms in total. The first kappa shape index (κ1) is 24.9. The molecule has 34 heavy (non-hydrogen) atoms. The molecule has 3 aromatic rings. The van der Waals surface area contributed by atoms with Crippen molar-refractivity contribution < 1.29 is 28.8 Å². The molecule has 0 heterocycles. The molecule has 6 heteroatoms. The van der Waals surface area contributed by atoms with Crippen molar-refractivity contribution in [1.29, 1.82) is 0 Å². The Kier molecular flexibility index (Phi) is 9.12. The van der Waals surface area contributed by atoms with E-state index in [4.69, 9.17) is 18.9 Å². The van der Waals surface area contributed by atoms with Gasteiger partial charge in [-0.3, -0.25) is 0 Å². The predicted octanol–water partition coefficient (Wildman–Crippen LogP) is 5.25. The van der Waals surface area contributed by atoms with Gasteiger partial charge in [0.15, 0.2) is 6.10 Å². The van der Waals surface area contributed by atoms with Crippen molar-refractivity contribution in [3.05, 3.63) is 95.6 Å². The molecule has 3 rings (SSSR count). The maximum absolute atomic E-state index is 11.3. The molecule has 1 atom stereocenters. The summed E-state index contributed by atoms with van der Waals surface area (Å²) in [7, 11) is 3.29. The maximum Gasteiger partial charge on any atom is 0.333 e. The Morgan fingerprint density at radius 1 is 0.824 bits per heavy atom. The number of carboxylic acids is 1. The molecule has 0 fully saturated rings. The van der Waals surface area contributed by atoms with Crippen molar-refractivity contribution in [3.8, 4) is 17.2 Å². The number of benzene rings is 3. The Bertz CT molecular complexity index is 1020. The van der Waals surface area contributed by atoms with Gasteiger partial charge in [0, 0.05) is 13.0 Å². The van der Waals surface area contributed by atoms with Crippen LogP contribution in [0, 0.1) is 0 Å². The lowest BCUT2D eigenvalue weighted by molar-refractivity contribution is -0.149. The summed E-state index contributed by atoms with van der Waals surface area (Å²) in [5, 5.41) is 9.26. The SMILES string of the molecule is CCO[C@@H](Cc1ccc(OCC=C(c2ccc(OC)cc2)c2ccc(OC)cc2)cc1)C(=O)O. The third kappa shape index (κ3) is 6.86. The van der Waals surface area contributed by atoms with Gasteiger partial charge in [-0.1, -0.05) is 36.4 Å². The Morgan fingerprint density at radius 3 is 1.76 bits per heavy atom. The zero-order valence-corrected chi connectivity index (χ0v) is 19.7. The van der Waals surface area contributed by atoms with E-state index >= 15 is 0 Å². The van der Waals surface area contributed by atoms with Crippen LogP contribution in [0.5, 0.6) is 17.2 Å². The van der Waals surface area contributed by atoms with E-state index in [1.54, 1.807) is 21.1 Å². The lowest BCUT2D eigenvalue weighted by Gasteiger charge is -2.13. The molecule has 0 bridgehead atoms. The van der Waals surface area contributed by atoms with Crippen LogP contribution in [-0.4, -0.2) is 44.6 Å². The first-order valence-corrected chi connectivity index (χ1v) is 11.1. The standard InChI is InChI=1S/C28H30O6/c1-4-33-27(28(29)30)19-20-5-11-25(12-6-20)34-18-17-26(21-7-13-23(31-2)14-8-21)22-9-15-24(32-3)16-10-22/h5-17,27H,4,18-19H2,1-3H3,(H,29,30)/t27-/m0/s1. The topological polar surface area (TPSA) is 74.2 Å². The van der Waals surface area contributed by atoms with E-state index in [1.807, 2.05) is 78.9 Å². The van der Waals surface area contributed by atoms with Gasteiger partial charge in [0.25, 0.3) is 0 Å². The zero-order valence-electron chi connectivity index (χ0n) is 19.7. The van der Waals surface area contributed by atoms with E-state index < -0.39 is 12.1 Å². The van der Waals surface area contributed by atoms with Crippen molar-refractivity contribution in [1.82, 2.24) is 0 Å². The third-order valence-corrected chi connectivity index (χ3v) is 5.33. The summed E-state index contributed by atoms with van der Waals surface area (Å²) in [6.07, 6.45) is 1.49. The highest BCUT2D eigenvalue weighted by molar-refractivity contribution is 5.80.